The van der Waals surface area contributed by atoms with E-state index in [-0.39, 0.29) is 18.4 Å². The Morgan fingerprint density at radius 1 is 1.50 bits per heavy atom. The number of fused-ring (bicyclic) bond motifs is 1. The Kier molecular flexibility index (Phi) is 4.27. The maximum atomic E-state index is 12.1. The molecule has 26 heavy (non-hydrogen) atoms. The number of anilines is 1. The van der Waals surface area contributed by atoms with Gasteiger partial charge in [-0.25, -0.2) is 4.98 Å². The van der Waals surface area contributed by atoms with Crippen LogP contribution in [0.4, 0.5) is 5.69 Å². The van der Waals surface area contributed by atoms with Gasteiger partial charge in [0.1, 0.15) is 5.65 Å². The monoisotopic (exact) mass is 350 g/mol. The van der Waals surface area contributed by atoms with Crippen LogP contribution in [-0.2, 0) is 4.79 Å². The summed E-state index contributed by atoms with van der Waals surface area (Å²) < 4.78 is 4.89. The molecular weight excluding hydrogens is 332 g/mol. The fraction of sp³-hybridized carbons (Fsp3) is 0.333. The van der Waals surface area contributed by atoms with Crippen LogP contribution in [0.2, 0.25) is 0 Å². The van der Waals surface area contributed by atoms with Gasteiger partial charge in [-0.3, -0.25) is 4.79 Å². The maximum Gasteiger partial charge on any atom is 0.234 e. The van der Waals surface area contributed by atoms with Crippen molar-refractivity contribution in [1.29, 1.82) is 0 Å². The Hall–Kier alpha value is -3.34. The van der Waals surface area contributed by atoms with Gasteiger partial charge >= 0.3 is 0 Å². The molecule has 132 valence electrons. The number of hydrogen-bond acceptors (Lipinski definition) is 6. The van der Waals surface area contributed by atoms with Crippen molar-refractivity contribution in [2.75, 3.05) is 18.4 Å². The maximum absolute atomic E-state index is 12.1. The second kappa shape index (κ2) is 6.88. The molecule has 0 aromatic carbocycles. The summed E-state index contributed by atoms with van der Waals surface area (Å²) in [7, 11) is 0. The number of carbonyl (C=O) groups excluding carboxylic acids is 1. The van der Waals surface area contributed by atoms with E-state index in [0.717, 1.165) is 41.7 Å². The molecular formula is C18H18N6O2. The molecule has 1 amide bonds. The third-order valence-electron chi connectivity index (χ3n) is 4.56. The lowest BCUT2D eigenvalue weighted by atomic mass is 10.0. The number of H-pyrrole nitrogens is 1. The first-order valence-corrected chi connectivity index (χ1v) is 8.47. The van der Waals surface area contributed by atoms with Crippen molar-refractivity contribution in [3.8, 4) is 23.7 Å². The standard InChI is InChI=1S/C18H18N6O2/c1-2-4-15(25)24-8-3-5-12(10-24)22-16-13-6-7-19-17(13)20-9-14(16)18-21-11-26-23-18/h1,6-7,9,11-12H,3-5,8,10H2,(H2,19,20,22)/t12-/m1/s1. The first-order valence-electron chi connectivity index (χ1n) is 8.47. The summed E-state index contributed by atoms with van der Waals surface area (Å²) in [6.07, 6.45) is 12.1. The normalized spacial score (nSPS) is 17.2. The fourth-order valence-corrected chi connectivity index (χ4v) is 3.35. The predicted molar refractivity (Wildman–Crippen MR) is 96.1 cm³/mol. The van der Waals surface area contributed by atoms with Crippen molar-refractivity contribution < 1.29 is 9.32 Å². The van der Waals surface area contributed by atoms with Crippen LogP contribution in [0.25, 0.3) is 22.4 Å². The number of aromatic nitrogens is 4. The summed E-state index contributed by atoms with van der Waals surface area (Å²) in [5.74, 6) is 2.90. The van der Waals surface area contributed by atoms with E-state index in [0.29, 0.717) is 12.4 Å². The number of terminal acetylenes is 1. The Balaban J connectivity index is 1.64. The molecule has 4 rings (SSSR count). The SMILES string of the molecule is C#CCC(=O)N1CCC[C@@H](Nc2c(-c3ncon3)cnc3[nH]ccc23)C1. The van der Waals surface area contributed by atoms with Gasteiger partial charge in [-0.05, 0) is 18.9 Å². The lowest BCUT2D eigenvalue weighted by Gasteiger charge is -2.34. The zero-order valence-corrected chi connectivity index (χ0v) is 14.1. The lowest BCUT2D eigenvalue weighted by Crippen LogP contribution is -2.45. The van der Waals surface area contributed by atoms with Crippen LogP contribution in [0.15, 0.2) is 29.4 Å². The molecule has 3 aromatic rings. The average Bonchev–Trinajstić information content (AvgIpc) is 3.34. The van der Waals surface area contributed by atoms with E-state index in [1.807, 2.05) is 17.2 Å². The van der Waals surface area contributed by atoms with E-state index in [1.54, 1.807) is 6.20 Å². The molecule has 4 heterocycles. The van der Waals surface area contributed by atoms with E-state index in [2.05, 4.69) is 31.3 Å². The van der Waals surface area contributed by atoms with Crippen LogP contribution >= 0.6 is 0 Å². The van der Waals surface area contributed by atoms with Crippen LogP contribution in [-0.4, -0.2) is 50.0 Å². The third kappa shape index (κ3) is 2.99. The van der Waals surface area contributed by atoms with Crippen LogP contribution in [0, 0.1) is 12.3 Å². The van der Waals surface area contributed by atoms with Crippen LogP contribution in [0.1, 0.15) is 19.3 Å². The molecule has 0 radical (unpaired) electrons. The van der Waals surface area contributed by atoms with Gasteiger partial charge in [0.15, 0.2) is 0 Å². The molecule has 8 nitrogen and oxygen atoms in total. The number of likely N-dealkylation sites (tertiary alicyclic amines) is 1. The molecule has 1 atom stereocenters. The highest BCUT2D eigenvalue weighted by Gasteiger charge is 2.25. The van der Waals surface area contributed by atoms with Crippen molar-refractivity contribution in [1.82, 2.24) is 25.0 Å². The molecule has 2 N–H and O–H groups in total. The molecule has 8 heteroatoms. The number of nitrogens with zero attached hydrogens (tertiary/aromatic N) is 4. The smallest absolute Gasteiger partial charge is 0.234 e. The number of rotatable bonds is 4. The number of carbonyl (C=O) groups is 1. The van der Waals surface area contributed by atoms with E-state index in [9.17, 15) is 4.79 Å². The number of pyridine rings is 1. The molecule has 0 aliphatic carbocycles. The van der Waals surface area contributed by atoms with Crippen LogP contribution in [0.3, 0.4) is 0 Å². The largest absolute Gasteiger partial charge is 0.379 e. The Morgan fingerprint density at radius 2 is 2.42 bits per heavy atom. The summed E-state index contributed by atoms with van der Waals surface area (Å²) in [5, 5.41) is 8.45. The summed E-state index contributed by atoms with van der Waals surface area (Å²) in [6, 6.07) is 2.06. The van der Waals surface area contributed by atoms with Crippen molar-refractivity contribution >= 4 is 22.6 Å². The Bertz CT molecular complexity index is 956. The van der Waals surface area contributed by atoms with Crippen molar-refractivity contribution in [2.45, 2.75) is 25.3 Å². The van der Waals surface area contributed by atoms with Gasteiger partial charge in [0.2, 0.25) is 18.1 Å². The van der Waals surface area contributed by atoms with E-state index < -0.39 is 0 Å². The van der Waals surface area contributed by atoms with Gasteiger partial charge in [-0.1, -0.05) is 11.1 Å². The Labute approximate surface area is 150 Å². The summed E-state index contributed by atoms with van der Waals surface area (Å²) >= 11 is 0. The van der Waals surface area contributed by atoms with E-state index >= 15 is 0 Å². The van der Waals surface area contributed by atoms with Gasteiger partial charge in [0.05, 0.1) is 17.7 Å². The topological polar surface area (TPSA) is 99.9 Å². The molecule has 0 unspecified atom stereocenters. The summed E-state index contributed by atoms with van der Waals surface area (Å²) in [5.41, 5.74) is 2.42. The van der Waals surface area contributed by atoms with Crippen molar-refractivity contribution in [2.24, 2.45) is 0 Å². The van der Waals surface area contributed by atoms with Crippen molar-refractivity contribution in [3.05, 3.63) is 24.9 Å². The second-order valence-corrected chi connectivity index (χ2v) is 6.25. The Morgan fingerprint density at radius 3 is 3.23 bits per heavy atom. The van der Waals surface area contributed by atoms with Crippen LogP contribution in [0.5, 0.6) is 0 Å². The minimum Gasteiger partial charge on any atom is -0.379 e. The highest BCUT2D eigenvalue weighted by Crippen LogP contribution is 2.33. The molecule has 0 saturated carbocycles. The molecule has 1 fully saturated rings. The molecule has 1 aliphatic heterocycles. The minimum atomic E-state index is -0.00101. The number of nitrogens with one attached hydrogen (secondary N) is 2. The zero-order chi connectivity index (χ0) is 17.9. The van der Waals surface area contributed by atoms with Gasteiger partial charge in [-0.15, -0.1) is 6.42 Å². The first-order chi connectivity index (χ1) is 12.8. The van der Waals surface area contributed by atoms with E-state index in [4.69, 9.17) is 10.9 Å². The lowest BCUT2D eigenvalue weighted by molar-refractivity contribution is -0.131. The first kappa shape index (κ1) is 16.1. The fourth-order valence-electron chi connectivity index (χ4n) is 3.35. The summed E-state index contributed by atoms with van der Waals surface area (Å²) in [6.45, 7) is 1.35. The van der Waals surface area contributed by atoms with Gasteiger partial charge in [0.25, 0.3) is 0 Å². The number of piperidine rings is 1. The summed E-state index contributed by atoms with van der Waals surface area (Å²) in [4.78, 5) is 25.6. The van der Waals surface area contributed by atoms with E-state index in [1.165, 1.54) is 6.39 Å². The number of amides is 1. The number of hydrogen-bond donors (Lipinski definition) is 2. The molecule has 1 aliphatic rings. The second-order valence-electron chi connectivity index (χ2n) is 6.25. The number of aromatic amines is 1. The highest BCUT2D eigenvalue weighted by molar-refractivity contribution is 5.97. The minimum absolute atomic E-state index is 0.00101. The van der Waals surface area contributed by atoms with Crippen molar-refractivity contribution in [3.63, 3.8) is 0 Å². The quantitative estimate of drug-likeness (QED) is 0.699. The predicted octanol–water partition coefficient (Wildman–Crippen LogP) is 2.04. The molecule has 3 aromatic heterocycles. The average molecular weight is 350 g/mol. The zero-order valence-electron chi connectivity index (χ0n) is 14.1. The van der Waals surface area contributed by atoms with Crippen LogP contribution < -0.4 is 5.32 Å². The van der Waals surface area contributed by atoms with Gasteiger partial charge < -0.3 is 19.7 Å². The molecule has 0 bridgehead atoms. The van der Waals surface area contributed by atoms with Gasteiger partial charge in [-0.2, -0.15) is 4.98 Å². The molecule has 0 spiro atoms. The van der Waals surface area contributed by atoms with Gasteiger partial charge in [0, 0.05) is 36.9 Å². The third-order valence-corrected chi connectivity index (χ3v) is 4.56. The molecule has 1 saturated heterocycles. The highest BCUT2D eigenvalue weighted by atomic mass is 16.5.